The van der Waals surface area contributed by atoms with Gasteiger partial charge in [-0.3, -0.25) is 4.79 Å². The highest BCUT2D eigenvalue weighted by Crippen LogP contribution is 2.25. The fourth-order valence-corrected chi connectivity index (χ4v) is 2.86. The van der Waals surface area contributed by atoms with Gasteiger partial charge in [0.1, 0.15) is 17.3 Å². The summed E-state index contributed by atoms with van der Waals surface area (Å²) in [5, 5.41) is 0. The van der Waals surface area contributed by atoms with Gasteiger partial charge in [0.2, 0.25) is 0 Å². The first kappa shape index (κ1) is 13.8. The Balaban J connectivity index is 1.60. The number of amides is 1. The molecule has 1 amide bonds. The molecule has 0 unspecified atom stereocenters. The number of imidazole rings is 1. The second-order valence-electron chi connectivity index (χ2n) is 5.40. The monoisotopic (exact) mass is 311 g/mol. The number of carbonyl (C=O) groups excluding carboxylic acids is 1. The van der Waals surface area contributed by atoms with E-state index in [-0.39, 0.29) is 11.5 Å². The lowest BCUT2D eigenvalue weighted by Gasteiger charge is -2.28. The molecule has 0 spiro atoms. The van der Waals surface area contributed by atoms with Crippen LogP contribution < -0.4 is 0 Å². The maximum absolute atomic E-state index is 13.8. The summed E-state index contributed by atoms with van der Waals surface area (Å²) in [4.78, 5) is 18.5. The van der Waals surface area contributed by atoms with Gasteiger partial charge in [-0.25, -0.2) is 9.37 Å². The number of furan rings is 1. The number of fused-ring (bicyclic) bond motifs is 1. The van der Waals surface area contributed by atoms with E-state index in [1.54, 1.807) is 29.5 Å². The molecule has 0 saturated carbocycles. The van der Waals surface area contributed by atoms with Crippen molar-refractivity contribution in [2.75, 3.05) is 6.54 Å². The number of nitrogens with zero attached hydrogens (tertiary/aromatic N) is 3. The predicted molar refractivity (Wildman–Crippen MR) is 81.1 cm³/mol. The van der Waals surface area contributed by atoms with Crippen molar-refractivity contribution in [3.63, 3.8) is 0 Å². The molecule has 0 bridgehead atoms. The highest BCUT2D eigenvalue weighted by Gasteiger charge is 2.26. The fourth-order valence-electron chi connectivity index (χ4n) is 2.86. The Morgan fingerprint density at radius 3 is 2.83 bits per heavy atom. The van der Waals surface area contributed by atoms with E-state index in [0.717, 1.165) is 17.3 Å². The molecule has 0 N–H and O–H groups in total. The lowest BCUT2D eigenvalue weighted by molar-refractivity contribution is 0.0703. The molecule has 0 saturated heterocycles. The van der Waals surface area contributed by atoms with Gasteiger partial charge in [0.25, 0.3) is 5.91 Å². The van der Waals surface area contributed by atoms with Gasteiger partial charge in [-0.2, -0.15) is 0 Å². The highest BCUT2D eigenvalue weighted by atomic mass is 19.1. The van der Waals surface area contributed by atoms with Crippen LogP contribution in [0.4, 0.5) is 4.39 Å². The van der Waals surface area contributed by atoms with E-state index < -0.39 is 5.82 Å². The van der Waals surface area contributed by atoms with Crippen molar-refractivity contribution in [1.29, 1.82) is 0 Å². The van der Waals surface area contributed by atoms with Gasteiger partial charge in [-0.05, 0) is 24.3 Å². The molecular formula is C17H14FN3O2. The van der Waals surface area contributed by atoms with Gasteiger partial charge in [-0.1, -0.05) is 12.1 Å². The third-order valence-electron chi connectivity index (χ3n) is 4.03. The predicted octanol–water partition coefficient (Wildman–Crippen LogP) is 2.94. The van der Waals surface area contributed by atoms with Crippen molar-refractivity contribution >= 4 is 5.91 Å². The summed E-state index contributed by atoms with van der Waals surface area (Å²) in [6, 6.07) is 9.74. The number of carbonyl (C=O) groups is 1. The molecule has 0 aliphatic carbocycles. The van der Waals surface area contributed by atoms with Gasteiger partial charge in [0.05, 0.1) is 24.6 Å². The Hall–Kier alpha value is -2.89. The number of rotatable bonds is 2. The Kier molecular flexibility index (Phi) is 3.22. The van der Waals surface area contributed by atoms with Crippen molar-refractivity contribution in [3.8, 4) is 11.5 Å². The first-order chi connectivity index (χ1) is 11.2. The molecule has 0 fully saturated rings. The number of halogens is 1. The first-order valence-corrected chi connectivity index (χ1v) is 7.36. The second-order valence-corrected chi connectivity index (χ2v) is 5.40. The molecule has 116 valence electrons. The van der Waals surface area contributed by atoms with Crippen LogP contribution in [0.5, 0.6) is 0 Å². The maximum atomic E-state index is 13.8. The van der Waals surface area contributed by atoms with E-state index in [1.165, 1.54) is 12.1 Å². The zero-order valence-electron chi connectivity index (χ0n) is 12.3. The standard InChI is InChI=1S/C17H14FN3O2/c18-13-5-2-1-4-12(13)17(22)20-7-8-21-14(10-19-16(21)11-20)15-6-3-9-23-15/h1-6,9-10H,7-8,11H2. The van der Waals surface area contributed by atoms with Crippen LogP contribution in [0.2, 0.25) is 0 Å². The van der Waals surface area contributed by atoms with Crippen LogP contribution in [0.1, 0.15) is 16.2 Å². The quantitative estimate of drug-likeness (QED) is 0.731. The molecule has 23 heavy (non-hydrogen) atoms. The van der Waals surface area contributed by atoms with E-state index >= 15 is 0 Å². The fraction of sp³-hybridized carbons (Fsp3) is 0.176. The Morgan fingerprint density at radius 1 is 1.17 bits per heavy atom. The summed E-state index contributed by atoms with van der Waals surface area (Å²) in [5.74, 6) is 0.713. The average Bonchev–Trinajstić information content (AvgIpc) is 3.23. The van der Waals surface area contributed by atoms with Gasteiger partial charge in [0, 0.05) is 13.1 Å². The van der Waals surface area contributed by atoms with Gasteiger partial charge >= 0.3 is 0 Å². The molecular weight excluding hydrogens is 297 g/mol. The second kappa shape index (κ2) is 5.39. The van der Waals surface area contributed by atoms with Crippen molar-refractivity contribution in [2.24, 2.45) is 0 Å². The number of benzene rings is 1. The van der Waals surface area contributed by atoms with Crippen molar-refractivity contribution in [1.82, 2.24) is 14.5 Å². The number of hydrogen-bond donors (Lipinski definition) is 0. The SMILES string of the molecule is O=C(c1ccccc1F)N1CCn2c(-c3ccco3)cnc2C1. The molecule has 3 heterocycles. The molecule has 4 rings (SSSR count). The van der Waals surface area contributed by atoms with Crippen LogP contribution in [0.15, 0.2) is 53.3 Å². The largest absolute Gasteiger partial charge is 0.463 e. The molecule has 5 nitrogen and oxygen atoms in total. The Labute approximate surface area is 132 Å². The van der Waals surface area contributed by atoms with Crippen molar-refractivity contribution in [2.45, 2.75) is 13.1 Å². The molecule has 1 aromatic carbocycles. The minimum Gasteiger partial charge on any atom is -0.463 e. The Morgan fingerprint density at radius 2 is 2.04 bits per heavy atom. The molecule has 0 radical (unpaired) electrons. The summed E-state index contributed by atoms with van der Waals surface area (Å²) in [5.41, 5.74) is 0.988. The maximum Gasteiger partial charge on any atom is 0.257 e. The molecule has 3 aromatic rings. The third kappa shape index (κ3) is 2.32. The van der Waals surface area contributed by atoms with Gasteiger partial charge in [0.15, 0.2) is 5.76 Å². The van der Waals surface area contributed by atoms with Crippen LogP contribution >= 0.6 is 0 Å². The normalized spacial score (nSPS) is 13.9. The molecule has 1 aliphatic heterocycles. The van der Waals surface area contributed by atoms with E-state index in [2.05, 4.69) is 4.98 Å². The van der Waals surface area contributed by atoms with Crippen LogP contribution in [0.25, 0.3) is 11.5 Å². The lowest BCUT2D eigenvalue weighted by atomic mass is 10.1. The summed E-state index contributed by atoms with van der Waals surface area (Å²) < 4.78 is 21.2. The van der Waals surface area contributed by atoms with Crippen molar-refractivity contribution < 1.29 is 13.6 Å². The zero-order valence-corrected chi connectivity index (χ0v) is 12.3. The van der Waals surface area contributed by atoms with Gasteiger partial charge in [-0.15, -0.1) is 0 Å². The molecule has 2 aromatic heterocycles. The minimum atomic E-state index is -0.498. The summed E-state index contributed by atoms with van der Waals surface area (Å²) in [6.45, 7) is 1.46. The van der Waals surface area contributed by atoms with E-state index in [4.69, 9.17) is 4.42 Å². The van der Waals surface area contributed by atoms with Gasteiger partial charge < -0.3 is 13.9 Å². The first-order valence-electron chi connectivity index (χ1n) is 7.36. The van der Waals surface area contributed by atoms with Crippen LogP contribution in [-0.4, -0.2) is 26.9 Å². The third-order valence-corrected chi connectivity index (χ3v) is 4.03. The van der Waals surface area contributed by atoms with Crippen LogP contribution in [0.3, 0.4) is 0 Å². The van der Waals surface area contributed by atoms with E-state index in [1.807, 2.05) is 16.7 Å². The lowest BCUT2D eigenvalue weighted by Crippen LogP contribution is -2.38. The minimum absolute atomic E-state index is 0.0961. The van der Waals surface area contributed by atoms with Crippen LogP contribution in [0, 0.1) is 5.82 Å². The molecule has 6 heteroatoms. The average molecular weight is 311 g/mol. The van der Waals surface area contributed by atoms with Crippen LogP contribution in [-0.2, 0) is 13.1 Å². The topological polar surface area (TPSA) is 51.3 Å². The van der Waals surface area contributed by atoms with E-state index in [0.29, 0.717) is 19.6 Å². The smallest absolute Gasteiger partial charge is 0.257 e. The molecule has 1 aliphatic rings. The van der Waals surface area contributed by atoms with Crippen molar-refractivity contribution in [3.05, 3.63) is 66.1 Å². The highest BCUT2D eigenvalue weighted by molar-refractivity contribution is 5.94. The summed E-state index contributed by atoms with van der Waals surface area (Å²) in [6.07, 6.45) is 3.36. The Bertz CT molecular complexity index is 855. The zero-order chi connectivity index (χ0) is 15.8. The summed E-state index contributed by atoms with van der Waals surface area (Å²) >= 11 is 0. The van der Waals surface area contributed by atoms with E-state index in [9.17, 15) is 9.18 Å². The number of hydrogen-bond acceptors (Lipinski definition) is 3. The number of aromatic nitrogens is 2. The molecule has 0 atom stereocenters. The summed E-state index contributed by atoms with van der Waals surface area (Å²) in [7, 11) is 0.